The van der Waals surface area contributed by atoms with Crippen LogP contribution < -0.4 is 0 Å². The van der Waals surface area contributed by atoms with Gasteiger partial charge in [0.05, 0.1) is 10.8 Å². The smallest absolute Gasteiger partial charge is 0.171 e. The lowest BCUT2D eigenvalue weighted by atomic mass is 9.32. The van der Waals surface area contributed by atoms with Crippen molar-refractivity contribution in [2.45, 2.75) is 13.8 Å². The lowest BCUT2D eigenvalue weighted by Crippen LogP contribution is -2.75. The summed E-state index contributed by atoms with van der Waals surface area (Å²) < 4.78 is 0. The number of hydrogen-bond donors (Lipinski definition) is 0. The maximum Gasteiger partial charge on any atom is 0.171 e. The molecule has 4 nitrogen and oxygen atoms in total. The van der Waals surface area contributed by atoms with Gasteiger partial charge in [0.15, 0.2) is 23.1 Å². The highest BCUT2D eigenvalue weighted by molar-refractivity contribution is 6.28. The molecule has 3 aliphatic rings. The standard InChI is InChI=1S/C22H16O4/c1-21-17(15(23)11-7-3-5-9-13(11)19(21)25)22(2)18(21)16(24)12-8-4-6-10-14(12)20(22)26/h3-10,17-18H,1-2H3. The summed E-state index contributed by atoms with van der Waals surface area (Å²) in [5, 5.41) is 0. The summed E-state index contributed by atoms with van der Waals surface area (Å²) in [6.07, 6.45) is 0. The molecule has 0 unspecified atom stereocenters. The largest absolute Gasteiger partial charge is 0.294 e. The molecule has 2 aromatic carbocycles. The monoisotopic (exact) mass is 344 g/mol. The Morgan fingerprint density at radius 2 is 0.885 bits per heavy atom. The van der Waals surface area contributed by atoms with Crippen LogP contribution in [0.1, 0.15) is 55.3 Å². The van der Waals surface area contributed by atoms with Gasteiger partial charge in [-0.25, -0.2) is 0 Å². The van der Waals surface area contributed by atoms with Crippen LogP contribution in [0.5, 0.6) is 0 Å². The fraction of sp³-hybridized carbons (Fsp3) is 0.273. The molecule has 0 aliphatic heterocycles. The summed E-state index contributed by atoms with van der Waals surface area (Å²) in [5.74, 6) is -2.43. The van der Waals surface area contributed by atoms with Crippen molar-refractivity contribution in [3.8, 4) is 0 Å². The van der Waals surface area contributed by atoms with Gasteiger partial charge in [-0.2, -0.15) is 0 Å². The van der Waals surface area contributed by atoms with Gasteiger partial charge in [-0.3, -0.25) is 19.2 Å². The third-order valence-corrected chi connectivity index (χ3v) is 6.78. The lowest BCUT2D eigenvalue weighted by molar-refractivity contribution is -0.0896. The number of rotatable bonds is 0. The maximum atomic E-state index is 13.3. The molecular weight excluding hydrogens is 328 g/mol. The van der Waals surface area contributed by atoms with Crippen molar-refractivity contribution in [3.63, 3.8) is 0 Å². The second-order valence-corrected chi connectivity index (χ2v) is 7.91. The summed E-state index contributed by atoms with van der Waals surface area (Å²) >= 11 is 0. The maximum absolute atomic E-state index is 13.3. The Bertz CT molecular complexity index is 968. The van der Waals surface area contributed by atoms with Crippen molar-refractivity contribution in [2.24, 2.45) is 22.7 Å². The molecule has 0 spiro atoms. The van der Waals surface area contributed by atoms with Crippen molar-refractivity contribution in [1.29, 1.82) is 0 Å². The Hall–Kier alpha value is -2.88. The van der Waals surface area contributed by atoms with E-state index in [1.807, 2.05) is 0 Å². The van der Waals surface area contributed by atoms with Gasteiger partial charge in [0.25, 0.3) is 0 Å². The minimum atomic E-state index is -1.17. The highest BCUT2D eigenvalue weighted by Crippen LogP contribution is 2.70. The van der Waals surface area contributed by atoms with E-state index < -0.39 is 22.7 Å². The van der Waals surface area contributed by atoms with Crippen LogP contribution in [0, 0.1) is 22.7 Å². The van der Waals surface area contributed by atoms with Crippen LogP contribution in [0.25, 0.3) is 0 Å². The van der Waals surface area contributed by atoms with Crippen LogP contribution in [0.4, 0.5) is 0 Å². The Labute approximate surface area is 150 Å². The molecule has 26 heavy (non-hydrogen) atoms. The van der Waals surface area contributed by atoms with E-state index in [2.05, 4.69) is 0 Å². The van der Waals surface area contributed by atoms with Crippen LogP contribution in [-0.2, 0) is 0 Å². The Morgan fingerprint density at radius 1 is 0.577 bits per heavy atom. The minimum absolute atomic E-state index is 0.206. The van der Waals surface area contributed by atoms with E-state index in [4.69, 9.17) is 0 Å². The van der Waals surface area contributed by atoms with Gasteiger partial charge in [0, 0.05) is 34.1 Å². The summed E-state index contributed by atoms with van der Waals surface area (Å²) in [4.78, 5) is 53.1. The van der Waals surface area contributed by atoms with Crippen LogP contribution in [-0.4, -0.2) is 23.1 Å². The predicted octanol–water partition coefficient (Wildman–Crippen LogP) is 3.40. The quantitative estimate of drug-likeness (QED) is 0.734. The molecule has 1 fully saturated rings. The fourth-order valence-corrected chi connectivity index (χ4v) is 5.78. The lowest BCUT2D eigenvalue weighted by Gasteiger charge is -2.65. The number of Topliss-reactive ketones (excluding diaryl/α,β-unsaturated/α-hetero) is 4. The molecule has 2 aromatic rings. The van der Waals surface area contributed by atoms with Gasteiger partial charge in [-0.1, -0.05) is 62.4 Å². The number of carbonyl (C=O) groups excluding carboxylic acids is 4. The van der Waals surface area contributed by atoms with Crippen LogP contribution in [0.3, 0.4) is 0 Å². The number of benzene rings is 2. The molecule has 0 heterocycles. The summed E-state index contributed by atoms with van der Waals surface area (Å²) in [6.45, 7) is 3.36. The molecule has 128 valence electrons. The van der Waals surface area contributed by atoms with Gasteiger partial charge < -0.3 is 0 Å². The zero-order valence-electron chi connectivity index (χ0n) is 14.4. The molecule has 0 aromatic heterocycles. The molecule has 0 atom stereocenters. The number of hydrogen-bond acceptors (Lipinski definition) is 4. The Morgan fingerprint density at radius 3 is 1.23 bits per heavy atom. The van der Waals surface area contributed by atoms with E-state index in [0.717, 1.165) is 0 Å². The molecule has 4 heteroatoms. The summed E-state index contributed by atoms with van der Waals surface area (Å²) in [5.41, 5.74) is -0.895. The fourth-order valence-electron chi connectivity index (χ4n) is 5.78. The zero-order chi connectivity index (χ0) is 18.4. The van der Waals surface area contributed by atoms with Gasteiger partial charge in [0.2, 0.25) is 0 Å². The average Bonchev–Trinajstić information content (AvgIpc) is 2.64. The molecule has 5 rings (SSSR count). The van der Waals surface area contributed by atoms with E-state index in [-0.39, 0.29) is 23.1 Å². The van der Waals surface area contributed by atoms with Gasteiger partial charge >= 0.3 is 0 Å². The van der Waals surface area contributed by atoms with Crippen molar-refractivity contribution < 1.29 is 19.2 Å². The highest BCUT2D eigenvalue weighted by atomic mass is 16.2. The van der Waals surface area contributed by atoms with E-state index in [1.165, 1.54) is 0 Å². The molecule has 0 saturated heterocycles. The number of ketones is 4. The van der Waals surface area contributed by atoms with Gasteiger partial charge in [-0.15, -0.1) is 0 Å². The Balaban J connectivity index is 1.80. The molecule has 0 N–H and O–H groups in total. The second-order valence-electron chi connectivity index (χ2n) is 7.91. The first-order valence-electron chi connectivity index (χ1n) is 8.70. The first kappa shape index (κ1) is 15.4. The third kappa shape index (κ3) is 1.37. The second kappa shape index (κ2) is 4.44. The van der Waals surface area contributed by atoms with Crippen LogP contribution in [0.2, 0.25) is 0 Å². The van der Waals surface area contributed by atoms with Crippen LogP contribution in [0.15, 0.2) is 48.5 Å². The first-order chi connectivity index (χ1) is 12.3. The normalized spacial score (nSPS) is 34.4. The Kier molecular flexibility index (Phi) is 2.63. The van der Waals surface area contributed by atoms with Gasteiger partial charge in [-0.05, 0) is 0 Å². The zero-order valence-corrected chi connectivity index (χ0v) is 14.4. The van der Waals surface area contributed by atoms with E-state index in [1.54, 1.807) is 62.4 Å². The molecule has 0 bridgehead atoms. The SMILES string of the molecule is CC12C(=O)c3ccccc3C(=O)C1C1(C)C(=O)c3ccccc3C(=O)C21. The van der Waals surface area contributed by atoms with Crippen molar-refractivity contribution in [1.82, 2.24) is 0 Å². The average molecular weight is 344 g/mol. The molecule has 0 amide bonds. The number of fused-ring (bicyclic) bond motifs is 6. The molecule has 3 aliphatic carbocycles. The molecular formula is C22H16O4. The summed E-state index contributed by atoms with van der Waals surface area (Å²) in [6, 6.07) is 13.4. The highest BCUT2D eigenvalue weighted by Gasteiger charge is 2.79. The predicted molar refractivity (Wildman–Crippen MR) is 93.4 cm³/mol. The van der Waals surface area contributed by atoms with Crippen molar-refractivity contribution in [3.05, 3.63) is 70.8 Å². The van der Waals surface area contributed by atoms with E-state index in [9.17, 15) is 19.2 Å². The van der Waals surface area contributed by atoms with Crippen LogP contribution >= 0.6 is 0 Å². The van der Waals surface area contributed by atoms with E-state index >= 15 is 0 Å². The first-order valence-corrected chi connectivity index (χ1v) is 8.70. The molecule has 0 radical (unpaired) electrons. The summed E-state index contributed by atoms with van der Waals surface area (Å²) in [7, 11) is 0. The van der Waals surface area contributed by atoms with Crippen molar-refractivity contribution in [2.75, 3.05) is 0 Å². The number of carbonyl (C=O) groups is 4. The third-order valence-electron chi connectivity index (χ3n) is 6.78. The van der Waals surface area contributed by atoms with Crippen molar-refractivity contribution >= 4 is 23.1 Å². The minimum Gasteiger partial charge on any atom is -0.294 e. The molecule has 1 saturated carbocycles. The van der Waals surface area contributed by atoms with Gasteiger partial charge in [0.1, 0.15) is 0 Å². The topological polar surface area (TPSA) is 68.3 Å². The van der Waals surface area contributed by atoms with E-state index in [0.29, 0.717) is 22.3 Å².